The number of amides is 1. The Morgan fingerprint density at radius 3 is 2.44 bits per heavy atom. The zero-order chi connectivity index (χ0) is 22.8. The summed E-state index contributed by atoms with van der Waals surface area (Å²) in [6.45, 7) is 1.31. The highest BCUT2D eigenvalue weighted by Gasteiger charge is 2.35. The molecule has 0 radical (unpaired) electrons. The van der Waals surface area contributed by atoms with Crippen LogP contribution in [0.25, 0.3) is 0 Å². The number of fused-ring (bicyclic) bond motifs is 1. The second kappa shape index (κ2) is 8.94. The average Bonchev–Trinajstić information content (AvgIpc) is 2.78. The lowest BCUT2D eigenvalue weighted by Gasteiger charge is -2.38. The molecule has 2 aliphatic heterocycles. The van der Waals surface area contributed by atoms with E-state index in [0.29, 0.717) is 38.0 Å². The van der Waals surface area contributed by atoms with Crippen LogP contribution in [0.5, 0.6) is 0 Å². The maximum atomic E-state index is 12.9. The molecule has 2 heterocycles. The van der Waals surface area contributed by atoms with Crippen molar-refractivity contribution in [1.29, 1.82) is 0 Å². The summed E-state index contributed by atoms with van der Waals surface area (Å²) in [5, 5.41) is 10.6. The minimum atomic E-state index is -4.21. The summed E-state index contributed by atoms with van der Waals surface area (Å²) < 4.78 is 37.1. The van der Waals surface area contributed by atoms with Crippen LogP contribution in [0.2, 0.25) is 0 Å². The maximum Gasteiger partial charge on any atom is 0.389 e. The van der Waals surface area contributed by atoms with Gasteiger partial charge >= 0.3 is 6.18 Å². The van der Waals surface area contributed by atoms with Crippen LogP contribution >= 0.6 is 0 Å². The summed E-state index contributed by atoms with van der Waals surface area (Å²) in [7, 11) is 0. The Kier molecular flexibility index (Phi) is 6.24. The minimum absolute atomic E-state index is 0.0975. The van der Waals surface area contributed by atoms with Crippen molar-refractivity contribution in [3.8, 4) is 0 Å². The van der Waals surface area contributed by atoms with Gasteiger partial charge in [0.1, 0.15) is 0 Å². The van der Waals surface area contributed by atoms with Crippen molar-refractivity contribution in [2.75, 3.05) is 24.5 Å². The van der Waals surface area contributed by atoms with Crippen LogP contribution < -0.4 is 4.90 Å². The summed E-state index contributed by atoms with van der Waals surface area (Å²) in [6, 6.07) is 15.3. The second-order valence-corrected chi connectivity index (χ2v) is 8.44. The van der Waals surface area contributed by atoms with E-state index in [0.717, 1.165) is 17.1 Å². The van der Waals surface area contributed by atoms with E-state index in [2.05, 4.69) is 9.89 Å². The van der Waals surface area contributed by atoms with E-state index < -0.39 is 18.2 Å². The van der Waals surface area contributed by atoms with Crippen molar-refractivity contribution in [2.24, 2.45) is 4.99 Å². The summed E-state index contributed by atoms with van der Waals surface area (Å²) in [5.41, 5.74) is 2.28. The fraction of sp³-hybridized carbons (Fsp3) is 0.417. The van der Waals surface area contributed by atoms with Gasteiger partial charge in [-0.2, -0.15) is 13.2 Å². The Labute approximate surface area is 185 Å². The molecule has 1 N–H and O–H groups in total. The largest absolute Gasteiger partial charge is 0.390 e. The number of aliphatic imine (C=N–C) groups is 1. The molecule has 2 aromatic carbocycles. The van der Waals surface area contributed by atoms with E-state index in [1.165, 1.54) is 0 Å². The number of aliphatic hydroxyl groups is 1. The van der Waals surface area contributed by atoms with Gasteiger partial charge in [0, 0.05) is 37.0 Å². The van der Waals surface area contributed by atoms with E-state index in [9.17, 15) is 23.1 Å². The van der Waals surface area contributed by atoms with Crippen LogP contribution in [-0.4, -0.2) is 53.5 Å². The summed E-state index contributed by atoms with van der Waals surface area (Å²) >= 11 is 0. The number of carbonyl (C=O) groups excluding carboxylic acids is 1. The molecule has 2 aliphatic rings. The number of para-hydroxylation sites is 2. The van der Waals surface area contributed by atoms with Crippen LogP contribution in [-0.2, 0) is 0 Å². The molecule has 0 aliphatic carbocycles. The smallest absolute Gasteiger partial charge is 0.389 e. The van der Waals surface area contributed by atoms with Gasteiger partial charge < -0.3 is 14.9 Å². The van der Waals surface area contributed by atoms with E-state index in [1.807, 2.05) is 42.6 Å². The number of likely N-dealkylation sites (tertiary alicyclic amines) is 1. The number of nitrogens with zero attached hydrogens (tertiary/aromatic N) is 3. The van der Waals surface area contributed by atoms with Gasteiger partial charge in [-0.3, -0.25) is 9.79 Å². The monoisotopic (exact) mass is 445 g/mol. The molecule has 0 saturated carbocycles. The highest BCUT2D eigenvalue weighted by atomic mass is 19.4. The first kappa shape index (κ1) is 22.3. The lowest BCUT2D eigenvalue weighted by atomic mass is 9.86. The van der Waals surface area contributed by atoms with Crippen molar-refractivity contribution < 1.29 is 23.1 Å². The molecule has 0 bridgehead atoms. The second-order valence-electron chi connectivity index (χ2n) is 8.44. The molecule has 5 nitrogen and oxygen atoms in total. The number of halogens is 3. The van der Waals surface area contributed by atoms with Crippen LogP contribution in [0.4, 0.5) is 30.2 Å². The number of benzene rings is 2. The predicted molar refractivity (Wildman–Crippen MR) is 118 cm³/mol. The highest BCUT2D eigenvalue weighted by molar-refractivity contribution is 5.95. The van der Waals surface area contributed by atoms with Crippen molar-refractivity contribution in [1.82, 2.24) is 4.90 Å². The van der Waals surface area contributed by atoms with Gasteiger partial charge in [0.25, 0.3) is 5.91 Å². The Morgan fingerprint density at radius 1 is 1.06 bits per heavy atom. The number of piperidine rings is 1. The topological polar surface area (TPSA) is 56.1 Å². The molecule has 0 aromatic heterocycles. The van der Waals surface area contributed by atoms with Crippen LogP contribution in [0.1, 0.15) is 42.5 Å². The maximum absolute atomic E-state index is 12.9. The van der Waals surface area contributed by atoms with Crippen molar-refractivity contribution in [2.45, 2.75) is 43.9 Å². The Balaban J connectivity index is 1.35. The zero-order valence-corrected chi connectivity index (χ0v) is 17.7. The summed E-state index contributed by atoms with van der Waals surface area (Å²) in [6.07, 6.45) is -2.66. The molecular weight excluding hydrogens is 419 g/mol. The molecule has 2 aromatic rings. The van der Waals surface area contributed by atoms with Crippen molar-refractivity contribution >= 4 is 29.2 Å². The number of carbonyl (C=O) groups is 1. The van der Waals surface area contributed by atoms with Gasteiger partial charge in [0.15, 0.2) is 0 Å². The predicted octanol–water partition coefficient (Wildman–Crippen LogP) is 5.24. The van der Waals surface area contributed by atoms with Gasteiger partial charge in [0.2, 0.25) is 0 Å². The van der Waals surface area contributed by atoms with Gasteiger partial charge in [-0.25, -0.2) is 0 Å². The third kappa shape index (κ3) is 5.12. The van der Waals surface area contributed by atoms with E-state index >= 15 is 0 Å². The standard InChI is InChI=1S/C24H26F3N3O2/c25-24(26,27)11-3-10-23(32)12-15-29(16-13-23)22(31)18-6-8-19(9-7-18)30-17-14-28-20-4-1-2-5-21(20)30/h1-2,4-9,14,32H,3,10-13,15-17H2. The fourth-order valence-corrected chi connectivity index (χ4v) is 4.33. The Hall–Kier alpha value is -2.87. The molecule has 8 heteroatoms. The minimum Gasteiger partial charge on any atom is -0.390 e. The lowest BCUT2D eigenvalue weighted by Crippen LogP contribution is -2.46. The molecular formula is C24H26F3N3O2. The Morgan fingerprint density at radius 2 is 1.75 bits per heavy atom. The van der Waals surface area contributed by atoms with E-state index in [-0.39, 0.29) is 18.7 Å². The number of anilines is 2. The van der Waals surface area contributed by atoms with Crippen molar-refractivity contribution in [3.63, 3.8) is 0 Å². The lowest BCUT2D eigenvalue weighted by molar-refractivity contribution is -0.138. The fourth-order valence-electron chi connectivity index (χ4n) is 4.33. The van der Waals surface area contributed by atoms with E-state index in [4.69, 9.17) is 0 Å². The molecule has 4 rings (SSSR count). The first-order chi connectivity index (χ1) is 15.2. The molecule has 1 fully saturated rings. The number of hydrogen-bond donors (Lipinski definition) is 1. The molecule has 32 heavy (non-hydrogen) atoms. The first-order valence-electron chi connectivity index (χ1n) is 10.8. The number of rotatable bonds is 5. The molecule has 0 spiro atoms. The normalized spacial score (nSPS) is 17.9. The highest BCUT2D eigenvalue weighted by Crippen LogP contribution is 2.36. The summed E-state index contributed by atoms with van der Waals surface area (Å²) in [4.78, 5) is 21.1. The molecule has 170 valence electrons. The quantitative estimate of drug-likeness (QED) is 0.685. The van der Waals surface area contributed by atoms with Gasteiger partial charge in [-0.05, 0) is 62.1 Å². The summed E-state index contributed by atoms with van der Waals surface area (Å²) in [5.74, 6) is -0.130. The first-order valence-corrected chi connectivity index (χ1v) is 10.8. The third-order valence-corrected chi connectivity index (χ3v) is 6.18. The van der Waals surface area contributed by atoms with Crippen LogP contribution in [0, 0.1) is 0 Å². The molecule has 0 atom stereocenters. The van der Waals surface area contributed by atoms with Crippen LogP contribution in [0.3, 0.4) is 0 Å². The molecule has 1 amide bonds. The zero-order valence-electron chi connectivity index (χ0n) is 17.7. The van der Waals surface area contributed by atoms with E-state index in [1.54, 1.807) is 17.0 Å². The number of hydrogen-bond acceptors (Lipinski definition) is 4. The SMILES string of the molecule is O=C(c1ccc(N2CC=Nc3ccccc32)cc1)N1CCC(O)(CCCC(F)(F)F)CC1. The Bertz CT molecular complexity index is 981. The van der Waals surface area contributed by atoms with Crippen LogP contribution in [0.15, 0.2) is 53.5 Å². The van der Waals surface area contributed by atoms with Gasteiger partial charge in [-0.15, -0.1) is 0 Å². The van der Waals surface area contributed by atoms with Gasteiger partial charge in [-0.1, -0.05) is 12.1 Å². The number of alkyl halides is 3. The van der Waals surface area contributed by atoms with Crippen molar-refractivity contribution in [3.05, 3.63) is 54.1 Å². The molecule has 0 unspecified atom stereocenters. The van der Waals surface area contributed by atoms with Gasteiger partial charge in [0.05, 0.1) is 23.5 Å². The third-order valence-electron chi connectivity index (χ3n) is 6.18. The molecule has 1 saturated heterocycles. The average molecular weight is 445 g/mol.